The fourth-order valence-corrected chi connectivity index (χ4v) is 2.99. The van der Waals surface area contributed by atoms with Gasteiger partial charge in [-0.1, -0.05) is 36.3 Å². The van der Waals surface area contributed by atoms with Crippen LogP contribution in [0.5, 0.6) is 0 Å². The van der Waals surface area contributed by atoms with Crippen molar-refractivity contribution in [3.63, 3.8) is 0 Å². The van der Waals surface area contributed by atoms with Gasteiger partial charge >= 0.3 is 0 Å². The molecule has 1 aliphatic rings. The van der Waals surface area contributed by atoms with Gasteiger partial charge in [-0.25, -0.2) is 0 Å². The molecule has 0 spiro atoms. The first-order valence-electron chi connectivity index (χ1n) is 8.57. The van der Waals surface area contributed by atoms with Crippen LogP contribution in [0.25, 0.3) is 0 Å². The lowest BCUT2D eigenvalue weighted by atomic mass is 10.1. The van der Waals surface area contributed by atoms with Crippen molar-refractivity contribution >= 4 is 29.1 Å². The number of terminal acetylenes is 1. The van der Waals surface area contributed by atoms with Gasteiger partial charge in [0.05, 0.1) is 23.7 Å². The van der Waals surface area contributed by atoms with E-state index in [9.17, 15) is 14.4 Å². The van der Waals surface area contributed by atoms with E-state index in [2.05, 4.69) is 16.6 Å². The summed E-state index contributed by atoms with van der Waals surface area (Å²) in [5, 5.41) is 5.35. The average Bonchev–Trinajstić information content (AvgIpc) is 3.09. The lowest BCUT2D eigenvalue weighted by molar-refractivity contribution is -0.122. The lowest BCUT2D eigenvalue weighted by Gasteiger charge is -2.17. The van der Waals surface area contributed by atoms with Crippen molar-refractivity contribution < 1.29 is 14.4 Å². The number of rotatable bonds is 5. The molecule has 6 heteroatoms. The SMILES string of the molecule is C#CCNC(=O)c1ccccc1NC(=O)C1CC(=O)N(c2ccccc2)C1. The predicted octanol–water partition coefficient (Wildman–Crippen LogP) is 2.04. The molecule has 27 heavy (non-hydrogen) atoms. The van der Waals surface area contributed by atoms with Crippen molar-refractivity contribution in [2.75, 3.05) is 23.3 Å². The summed E-state index contributed by atoms with van der Waals surface area (Å²) in [4.78, 5) is 38.8. The van der Waals surface area contributed by atoms with Crippen LogP contribution in [0.1, 0.15) is 16.8 Å². The Kier molecular flexibility index (Phi) is 5.53. The molecule has 0 aromatic heterocycles. The number of para-hydroxylation sites is 2. The molecule has 0 radical (unpaired) electrons. The molecule has 1 fully saturated rings. The molecule has 3 amide bonds. The first-order valence-corrected chi connectivity index (χ1v) is 8.57. The van der Waals surface area contributed by atoms with Gasteiger partial charge in [-0.15, -0.1) is 6.42 Å². The second-order valence-corrected chi connectivity index (χ2v) is 6.16. The van der Waals surface area contributed by atoms with Gasteiger partial charge in [0.2, 0.25) is 11.8 Å². The zero-order chi connectivity index (χ0) is 19.2. The molecule has 1 saturated heterocycles. The summed E-state index contributed by atoms with van der Waals surface area (Å²) in [6, 6.07) is 15.9. The van der Waals surface area contributed by atoms with E-state index < -0.39 is 5.92 Å². The molecule has 1 atom stereocenters. The smallest absolute Gasteiger partial charge is 0.254 e. The Morgan fingerprint density at radius 2 is 1.81 bits per heavy atom. The topological polar surface area (TPSA) is 78.5 Å². The molecule has 0 bridgehead atoms. The number of benzene rings is 2. The highest BCUT2D eigenvalue weighted by Crippen LogP contribution is 2.26. The normalized spacial score (nSPS) is 15.9. The Hall–Kier alpha value is -3.59. The second kappa shape index (κ2) is 8.19. The maximum Gasteiger partial charge on any atom is 0.254 e. The highest BCUT2D eigenvalue weighted by atomic mass is 16.2. The Bertz CT molecular complexity index is 902. The number of hydrogen-bond donors (Lipinski definition) is 2. The van der Waals surface area contributed by atoms with E-state index in [1.165, 1.54) is 0 Å². The van der Waals surface area contributed by atoms with Crippen LogP contribution >= 0.6 is 0 Å². The minimum Gasteiger partial charge on any atom is -0.341 e. The summed E-state index contributed by atoms with van der Waals surface area (Å²) in [5.74, 6) is 1.10. The van der Waals surface area contributed by atoms with E-state index in [1.54, 1.807) is 29.2 Å². The van der Waals surface area contributed by atoms with Crippen LogP contribution in [-0.2, 0) is 9.59 Å². The Morgan fingerprint density at radius 1 is 1.11 bits per heavy atom. The van der Waals surface area contributed by atoms with Gasteiger partial charge in [-0.05, 0) is 24.3 Å². The van der Waals surface area contributed by atoms with E-state index in [-0.39, 0.29) is 30.7 Å². The molecule has 136 valence electrons. The number of nitrogens with zero attached hydrogens (tertiary/aromatic N) is 1. The molecule has 0 saturated carbocycles. The van der Waals surface area contributed by atoms with Gasteiger partial charge in [-0.2, -0.15) is 0 Å². The number of carbonyl (C=O) groups excluding carboxylic acids is 3. The van der Waals surface area contributed by atoms with Gasteiger partial charge < -0.3 is 15.5 Å². The van der Waals surface area contributed by atoms with E-state index in [1.807, 2.05) is 30.3 Å². The van der Waals surface area contributed by atoms with Gasteiger partial charge in [0, 0.05) is 18.7 Å². The van der Waals surface area contributed by atoms with Crippen molar-refractivity contribution in [2.24, 2.45) is 5.92 Å². The number of hydrogen-bond acceptors (Lipinski definition) is 3. The van der Waals surface area contributed by atoms with Gasteiger partial charge in [0.1, 0.15) is 0 Å². The average molecular weight is 361 g/mol. The van der Waals surface area contributed by atoms with E-state index in [0.717, 1.165) is 5.69 Å². The van der Waals surface area contributed by atoms with Crippen LogP contribution in [0.4, 0.5) is 11.4 Å². The zero-order valence-corrected chi connectivity index (χ0v) is 14.6. The second-order valence-electron chi connectivity index (χ2n) is 6.16. The minimum atomic E-state index is -0.487. The summed E-state index contributed by atoms with van der Waals surface area (Å²) in [7, 11) is 0. The summed E-state index contributed by atoms with van der Waals surface area (Å²) >= 11 is 0. The maximum atomic E-state index is 12.7. The molecular formula is C21H19N3O3. The standard InChI is InChI=1S/C21H19N3O3/c1-2-12-22-21(27)17-10-6-7-11-18(17)23-20(26)15-13-19(25)24(14-15)16-8-4-3-5-9-16/h1,3-11,15H,12-14H2,(H,22,27)(H,23,26). The van der Waals surface area contributed by atoms with E-state index in [0.29, 0.717) is 17.8 Å². The highest BCUT2D eigenvalue weighted by Gasteiger charge is 2.35. The third-order valence-electron chi connectivity index (χ3n) is 4.34. The van der Waals surface area contributed by atoms with E-state index >= 15 is 0 Å². The third kappa shape index (κ3) is 4.15. The molecule has 1 unspecified atom stereocenters. The van der Waals surface area contributed by atoms with Crippen LogP contribution in [0.2, 0.25) is 0 Å². The molecule has 1 heterocycles. The highest BCUT2D eigenvalue weighted by molar-refractivity contribution is 6.07. The maximum absolute atomic E-state index is 12.7. The lowest BCUT2D eigenvalue weighted by Crippen LogP contribution is -2.29. The Labute approximate surface area is 157 Å². The molecule has 1 aliphatic heterocycles. The van der Waals surface area contributed by atoms with Gasteiger partial charge in [0.15, 0.2) is 0 Å². The van der Waals surface area contributed by atoms with Crippen LogP contribution < -0.4 is 15.5 Å². The molecule has 6 nitrogen and oxygen atoms in total. The molecule has 2 N–H and O–H groups in total. The Morgan fingerprint density at radius 3 is 2.56 bits per heavy atom. The van der Waals surface area contributed by atoms with Crippen LogP contribution in [0.3, 0.4) is 0 Å². The number of amides is 3. The van der Waals surface area contributed by atoms with E-state index in [4.69, 9.17) is 6.42 Å². The fraction of sp³-hybridized carbons (Fsp3) is 0.190. The van der Waals surface area contributed by atoms with Crippen LogP contribution in [0, 0.1) is 18.3 Å². The van der Waals surface area contributed by atoms with Gasteiger partial charge in [0.25, 0.3) is 5.91 Å². The predicted molar refractivity (Wildman–Crippen MR) is 103 cm³/mol. The number of anilines is 2. The minimum absolute atomic E-state index is 0.0959. The first-order chi connectivity index (χ1) is 13.1. The third-order valence-corrected chi connectivity index (χ3v) is 4.34. The number of nitrogens with one attached hydrogen (secondary N) is 2. The zero-order valence-electron chi connectivity index (χ0n) is 14.6. The summed E-state index contributed by atoms with van der Waals surface area (Å²) in [6.07, 6.45) is 5.29. The largest absolute Gasteiger partial charge is 0.341 e. The van der Waals surface area contributed by atoms with Crippen molar-refractivity contribution in [3.8, 4) is 12.3 Å². The van der Waals surface area contributed by atoms with Crippen molar-refractivity contribution in [1.82, 2.24) is 5.32 Å². The summed E-state index contributed by atoms with van der Waals surface area (Å²) < 4.78 is 0. The van der Waals surface area contributed by atoms with Crippen molar-refractivity contribution in [2.45, 2.75) is 6.42 Å². The Balaban J connectivity index is 1.71. The molecule has 0 aliphatic carbocycles. The fourth-order valence-electron chi connectivity index (χ4n) is 2.99. The summed E-state index contributed by atoms with van der Waals surface area (Å²) in [5.41, 5.74) is 1.49. The molecule has 2 aromatic carbocycles. The van der Waals surface area contributed by atoms with Crippen molar-refractivity contribution in [3.05, 3.63) is 60.2 Å². The molecule has 3 rings (SSSR count). The van der Waals surface area contributed by atoms with Crippen LogP contribution in [0.15, 0.2) is 54.6 Å². The summed E-state index contributed by atoms with van der Waals surface area (Å²) in [6.45, 7) is 0.407. The monoisotopic (exact) mass is 361 g/mol. The first kappa shape index (κ1) is 18.2. The van der Waals surface area contributed by atoms with Gasteiger partial charge in [-0.3, -0.25) is 14.4 Å². The van der Waals surface area contributed by atoms with Crippen molar-refractivity contribution in [1.29, 1.82) is 0 Å². The quantitative estimate of drug-likeness (QED) is 0.800. The number of carbonyl (C=O) groups is 3. The molecule has 2 aromatic rings. The molecular weight excluding hydrogens is 342 g/mol. The van der Waals surface area contributed by atoms with Crippen LogP contribution in [-0.4, -0.2) is 30.8 Å².